The summed E-state index contributed by atoms with van der Waals surface area (Å²) < 4.78 is 13.4. The van der Waals surface area contributed by atoms with Crippen LogP contribution in [0.3, 0.4) is 0 Å². The topological polar surface area (TPSA) is 23.4 Å². The van der Waals surface area contributed by atoms with Gasteiger partial charge in [-0.25, -0.2) is 0 Å². The highest BCUT2D eigenvalue weighted by Crippen LogP contribution is 2.30. The lowest BCUT2D eigenvalue weighted by Gasteiger charge is -2.11. The standard InChI is InChI=1S/C18H17Cl2NO2/c1-21-16-6-4-3-5-13(16)14(10-22-2)17(21)11-23-18-8-7-12(19)9-15(18)20/h3-9H,10-11H2,1-2H3. The molecular weight excluding hydrogens is 333 g/mol. The predicted molar refractivity (Wildman–Crippen MR) is 94.4 cm³/mol. The molecule has 2 aromatic carbocycles. The van der Waals surface area contributed by atoms with Crippen LogP contribution in [0.1, 0.15) is 11.3 Å². The van der Waals surface area contributed by atoms with E-state index in [1.807, 2.05) is 19.2 Å². The molecule has 0 amide bonds. The zero-order valence-electron chi connectivity index (χ0n) is 13.0. The minimum atomic E-state index is 0.408. The van der Waals surface area contributed by atoms with Crippen LogP contribution in [0.15, 0.2) is 42.5 Å². The maximum Gasteiger partial charge on any atom is 0.138 e. The van der Waals surface area contributed by atoms with E-state index in [2.05, 4.69) is 16.7 Å². The molecule has 0 N–H and O–H groups in total. The molecule has 0 spiro atoms. The molecule has 0 aliphatic carbocycles. The first-order valence-electron chi connectivity index (χ1n) is 7.23. The molecular formula is C18H17Cl2NO2. The number of fused-ring (bicyclic) bond motifs is 1. The summed E-state index contributed by atoms with van der Waals surface area (Å²) in [6.45, 7) is 0.944. The van der Waals surface area contributed by atoms with Crippen LogP contribution < -0.4 is 4.74 Å². The van der Waals surface area contributed by atoms with Crippen LogP contribution in [0.4, 0.5) is 0 Å². The molecule has 3 rings (SSSR count). The summed E-state index contributed by atoms with van der Waals surface area (Å²) >= 11 is 12.1. The lowest BCUT2D eigenvalue weighted by molar-refractivity contribution is 0.182. The first kappa shape index (κ1) is 16.2. The second-order valence-corrected chi connectivity index (χ2v) is 6.14. The molecule has 0 unspecified atom stereocenters. The van der Waals surface area contributed by atoms with E-state index >= 15 is 0 Å². The molecule has 0 bridgehead atoms. The molecule has 0 saturated carbocycles. The first-order valence-corrected chi connectivity index (χ1v) is 7.99. The van der Waals surface area contributed by atoms with E-state index in [1.165, 1.54) is 5.39 Å². The number of hydrogen-bond donors (Lipinski definition) is 0. The van der Waals surface area contributed by atoms with Gasteiger partial charge >= 0.3 is 0 Å². The molecule has 0 saturated heterocycles. The number of rotatable bonds is 5. The van der Waals surface area contributed by atoms with Crippen LogP contribution in [0, 0.1) is 0 Å². The number of benzene rings is 2. The Bertz CT molecular complexity index is 842. The summed E-state index contributed by atoms with van der Waals surface area (Å²) in [4.78, 5) is 0. The molecule has 0 atom stereocenters. The molecule has 1 heterocycles. The van der Waals surface area contributed by atoms with Crippen molar-refractivity contribution in [2.24, 2.45) is 7.05 Å². The molecule has 120 valence electrons. The molecule has 0 fully saturated rings. The summed E-state index contributed by atoms with van der Waals surface area (Å²) in [7, 11) is 3.73. The van der Waals surface area contributed by atoms with Gasteiger partial charge in [0.1, 0.15) is 12.4 Å². The first-order chi connectivity index (χ1) is 11.1. The fraction of sp³-hybridized carbons (Fsp3) is 0.222. The van der Waals surface area contributed by atoms with Crippen LogP contribution in [0.2, 0.25) is 10.0 Å². The van der Waals surface area contributed by atoms with Crippen molar-refractivity contribution in [1.82, 2.24) is 4.57 Å². The van der Waals surface area contributed by atoms with E-state index in [0.29, 0.717) is 29.0 Å². The summed E-state index contributed by atoms with van der Waals surface area (Å²) in [5.74, 6) is 0.615. The molecule has 0 aliphatic heterocycles. The Morgan fingerprint density at radius 3 is 2.57 bits per heavy atom. The highest BCUT2D eigenvalue weighted by molar-refractivity contribution is 6.35. The summed E-state index contributed by atoms with van der Waals surface area (Å²) in [6.07, 6.45) is 0. The van der Waals surface area contributed by atoms with E-state index < -0.39 is 0 Å². The van der Waals surface area contributed by atoms with Crippen molar-refractivity contribution in [2.45, 2.75) is 13.2 Å². The SMILES string of the molecule is COCc1c(COc2ccc(Cl)cc2Cl)n(C)c2ccccc12. The molecule has 23 heavy (non-hydrogen) atoms. The van der Waals surface area contributed by atoms with Gasteiger partial charge in [-0.15, -0.1) is 0 Å². The van der Waals surface area contributed by atoms with Gasteiger partial charge in [0.25, 0.3) is 0 Å². The van der Waals surface area contributed by atoms with Crippen LogP contribution in [-0.2, 0) is 25.0 Å². The Kier molecular flexibility index (Phi) is 4.81. The number of aromatic nitrogens is 1. The van der Waals surface area contributed by atoms with E-state index in [0.717, 1.165) is 16.8 Å². The Morgan fingerprint density at radius 1 is 1.04 bits per heavy atom. The number of hydrogen-bond acceptors (Lipinski definition) is 2. The average Bonchev–Trinajstić information content (AvgIpc) is 2.80. The number of methoxy groups -OCH3 is 1. The average molecular weight is 350 g/mol. The number of ether oxygens (including phenoxy) is 2. The van der Waals surface area contributed by atoms with Crippen molar-refractivity contribution in [3.63, 3.8) is 0 Å². The zero-order valence-corrected chi connectivity index (χ0v) is 14.5. The lowest BCUT2D eigenvalue weighted by Crippen LogP contribution is -2.05. The smallest absolute Gasteiger partial charge is 0.138 e. The number of para-hydroxylation sites is 1. The fourth-order valence-electron chi connectivity index (χ4n) is 2.75. The van der Waals surface area contributed by atoms with Gasteiger partial charge in [0.05, 0.1) is 17.3 Å². The van der Waals surface area contributed by atoms with E-state index in [-0.39, 0.29) is 0 Å². The van der Waals surface area contributed by atoms with Crippen molar-refractivity contribution in [3.05, 3.63) is 63.8 Å². The summed E-state index contributed by atoms with van der Waals surface area (Å²) in [6, 6.07) is 13.5. The third kappa shape index (κ3) is 3.18. The highest BCUT2D eigenvalue weighted by atomic mass is 35.5. The Morgan fingerprint density at radius 2 is 1.83 bits per heavy atom. The number of nitrogens with zero attached hydrogens (tertiary/aromatic N) is 1. The fourth-order valence-corrected chi connectivity index (χ4v) is 3.22. The van der Waals surface area contributed by atoms with E-state index in [1.54, 1.807) is 25.3 Å². The van der Waals surface area contributed by atoms with Crippen LogP contribution in [0.25, 0.3) is 10.9 Å². The van der Waals surface area contributed by atoms with Gasteiger partial charge < -0.3 is 14.0 Å². The van der Waals surface area contributed by atoms with Gasteiger partial charge in [-0.1, -0.05) is 41.4 Å². The number of halogens is 2. The maximum atomic E-state index is 6.17. The van der Waals surface area contributed by atoms with Gasteiger partial charge in [0.15, 0.2) is 0 Å². The van der Waals surface area contributed by atoms with Crippen molar-refractivity contribution >= 4 is 34.1 Å². The molecule has 3 aromatic rings. The monoisotopic (exact) mass is 349 g/mol. The Balaban J connectivity index is 1.95. The van der Waals surface area contributed by atoms with E-state index in [4.69, 9.17) is 32.7 Å². The molecule has 0 radical (unpaired) electrons. The third-order valence-corrected chi connectivity index (χ3v) is 4.42. The van der Waals surface area contributed by atoms with Gasteiger partial charge in [-0.05, 0) is 24.3 Å². The van der Waals surface area contributed by atoms with E-state index in [9.17, 15) is 0 Å². The molecule has 5 heteroatoms. The van der Waals surface area contributed by atoms with Gasteiger partial charge in [0.2, 0.25) is 0 Å². The van der Waals surface area contributed by atoms with Gasteiger partial charge in [-0.2, -0.15) is 0 Å². The minimum Gasteiger partial charge on any atom is -0.486 e. The Labute approximate surface area is 145 Å². The van der Waals surface area contributed by atoms with Crippen LogP contribution >= 0.6 is 23.2 Å². The third-order valence-electron chi connectivity index (χ3n) is 3.89. The second-order valence-electron chi connectivity index (χ2n) is 5.30. The molecule has 1 aromatic heterocycles. The Hall–Kier alpha value is -1.68. The largest absolute Gasteiger partial charge is 0.486 e. The van der Waals surface area contributed by atoms with Crippen molar-refractivity contribution in [1.29, 1.82) is 0 Å². The zero-order chi connectivity index (χ0) is 16.4. The van der Waals surface area contributed by atoms with Crippen molar-refractivity contribution < 1.29 is 9.47 Å². The molecule has 0 aliphatic rings. The highest BCUT2D eigenvalue weighted by Gasteiger charge is 2.15. The normalized spacial score (nSPS) is 11.1. The quantitative estimate of drug-likeness (QED) is 0.631. The summed E-state index contributed by atoms with van der Waals surface area (Å²) in [5, 5.41) is 2.27. The predicted octanol–water partition coefficient (Wildman–Crippen LogP) is 5.21. The van der Waals surface area contributed by atoms with Gasteiger partial charge in [0, 0.05) is 35.6 Å². The van der Waals surface area contributed by atoms with Crippen LogP contribution in [-0.4, -0.2) is 11.7 Å². The molecule has 3 nitrogen and oxygen atoms in total. The van der Waals surface area contributed by atoms with Crippen LogP contribution in [0.5, 0.6) is 5.75 Å². The lowest BCUT2D eigenvalue weighted by atomic mass is 10.1. The van der Waals surface area contributed by atoms with Crippen molar-refractivity contribution in [2.75, 3.05) is 7.11 Å². The minimum absolute atomic E-state index is 0.408. The van der Waals surface area contributed by atoms with Crippen molar-refractivity contribution in [3.8, 4) is 5.75 Å². The maximum absolute atomic E-state index is 6.17. The summed E-state index contributed by atoms with van der Waals surface area (Å²) in [5.41, 5.74) is 3.36. The van der Waals surface area contributed by atoms with Gasteiger partial charge in [-0.3, -0.25) is 0 Å². The number of aryl methyl sites for hydroxylation is 1. The second kappa shape index (κ2) is 6.83.